The predicted octanol–water partition coefficient (Wildman–Crippen LogP) is 0.738. The van der Waals surface area contributed by atoms with Crippen molar-refractivity contribution in [2.45, 2.75) is 52.1 Å². The molecule has 0 saturated carbocycles. The van der Waals surface area contributed by atoms with Crippen LogP contribution in [0.1, 0.15) is 39.3 Å². The van der Waals surface area contributed by atoms with E-state index in [4.69, 9.17) is 5.73 Å². The monoisotopic (exact) mass is 301 g/mol. The maximum absolute atomic E-state index is 12.5. The summed E-state index contributed by atoms with van der Waals surface area (Å²) in [6.45, 7) is 6.49. The first-order chi connectivity index (χ1) is 9.25. The van der Waals surface area contributed by atoms with E-state index < -0.39 is 15.4 Å². The molecule has 2 N–H and O–H groups in total. The Kier molecular flexibility index (Phi) is 3.75. The molecular formula is C13H23N3O3S. The fourth-order valence-electron chi connectivity index (χ4n) is 3.12. The van der Waals surface area contributed by atoms with E-state index in [1.54, 1.807) is 4.68 Å². The molecule has 1 aliphatic heterocycles. The predicted molar refractivity (Wildman–Crippen MR) is 79.7 cm³/mol. The zero-order chi connectivity index (χ0) is 15.1. The summed E-state index contributed by atoms with van der Waals surface area (Å²) in [4.78, 5) is 12.5. The van der Waals surface area contributed by atoms with Crippen molar-refractivity contribution in [2.24, 2.45) is 0 Å². The highest BCUT2D eigenvalue weighted by Gasteiger charge is 2.43. The minimum absolute atomic E-state index is 0.0101. The summed E-state index contributed by atoms with van der Waals surface area (Å²) < 4.78 is 27.1. The normalized spacial score (nSPS) is 25.1. The van der Waals surface area contributed by atoms with Crippen molar-refractivity contribution in [1.82, 2.24) is 9.36 Å². The highest BCUT2D eigenvalue weighted by Crippen LogP contribution is 2.31. The minimum Gasteiger partial charge on any atom is -0.393 e. The Bertz CT molecular complexity index is 672. The number of hydrogen-bond acceptors (Lipinski definition) is 4. The zero-order valence-corrected chi connectivity index (χ0v) is 13.2. The summed E-state index contributed by atoms with van der Waals surface area (Å²) in [5, 5.41) is 0. The fraction of sp³-hybridized carbons (Fsp3) is 0.769. The number of rotatable bonds is 4. The van der Waals surface area contributed by atoms with Gasteiger partial charge in [0.2, 0.25) is 0 Å². The van der Waals surface area contributed by atoms with Crippen molar-refractivity contribution in [3.05, 3.63) is 16.0 Å². The number of hydrogen-bond donors (Lipinski definition) is 1. The van der Waals surface area contributed by atoms with Crippen LogP contribution in [0.5, 0.6) is 0 Å². The lowest BCUT2D eigenvalue weighted by molar-refractivity contribution is 0.261. The topological polar surface area (TPSA) is 87.1 Å². The Hall–Kier alpha value is -1.24. The van der Waals surface area contributed by atoms with Crippen molar-refractivity contribution >= 4 is 15.5 Å². The van der Waals surface area contributed by atoms with Crippen LogP contribution >= 0.6 is 0 Å². The zero-order valence-electron chi connectivity index (χ0n) is 12.3. The van der Waals surface area contributed by atoms with Gasteiger partial charge in [0.25, 0.3) is 5.56 Å². The summed E-state index contributed by atoms with van der Waals surface area (Å²) in [5.74, 6) is 0.144. The van der Waals surface area contributed by atoms with Gasteiger partial charge in [-0.25, -0.2) is 13.1 Å². The van der Waals surface area contributed by atoms with Gasteiger partial charge in [-0.15, -0.1) is 0 Å². The molecule has 1 atom stereocenters. The SMILES string of the molecule is CCCn1c(CC)c(N)c(=O)n1C1(C)CCS(=O)(=O)C1. The molecule has 2 heterocycles. The third kappa shape index (κ3) is 2.28. The molecule has 0 radical (unpaired) electrons. The first-order valence-corrected chi connectivity index (χ1v) is 8.89. The van der Waals surface area contributed by atoms with Crippen molar-refractivity contribution in [2.75, 3.05) is 17.2 Å². The van der Waals surface area contributed by atoms with Crippen LogP contribution < -0.4 is 11.3 Å². The van der Waals surface area contributed by atoms with E-state index in [9.17, 15) is 13.2 Å². The highest BCUT2D eigenvalue weighted by atomic mass is 32.2. The molecule has 7 heteroatoms. The Labute approximate surface area is 119 Å². The minimum atomic E-state index is -3.07. The highest BCUT2D eigenvalue weighted by molar-refractivity contribution is 7.91. The third-order valence-electron chi connectivity index (χ3n) is 4.05. The van der Waals surface area contributed by atoms with Gasteiger partial charge in [-0.05, 0) is 26.2 Å². The van der Waals surface area contributed by atoms with Gasteiger partial charge in [-0.1, -0.05) is 13.8 Å². The fourth-order valence-corrected chi connectivity index (χ4v) is 5.23. The largest absolute Gasteiger partial charge is 0.393 e. The van der Waals surface area contributed by atoms with Crippen LogP contribution in [0.2, 0.25) is 0 Å². The van der Waals surface area contributed by atoms with Crippen molar-refractivity contribution in [1.29, 1.82) is 0 Å². The summed E-state index contributed by atoms with van der Waals surface area (Å²) >= 11 is 0. The Balaban J connectivity index is 2.65. The molecule has 1 saturated heterocycles. The van der Waals surface area contributed by atoms with E-state index in [0.717, 1.165) is 12.1 Å². The first kappa shape index (κ1) is 15.2. The second-order valence-electron chi connectivity index (χ2n) is 5.79. The van der Waals surface area contributed by atoms with E-state index in [-0.39, 0.29) is 22.8 Å². The van der Waals surface area contributed by atoms with E-state index in [2.05, 4.69) is 0 Å². The molecule has 1 unspecified atom stereocenters. The van der Waals surface area contributed by atoms with Gasteiger partial charge in [0.05, 0.1) is 22.7 Å². The first-order valence-electron chi connectivity index (χ1n) is 7.07. The lowest BCUT2D eigenvalue weighted by Gasteiger charge is -2.27. The van der Waals surface area contributed by atoms with E-state index in [0.29, 0.717) is 19.4 Å². The molecule has 1 fully saturated rings. The van der Waals surface area contributed by atoms with Gasteiger partial charge in [-0.3, -0.25) is 9.48 Å². The summed E-state index contributed by atoms with van der Waals surface area (Å²) in [6.07, 6.45) is 1.99. The molecule has 6 nitrogen and oxygen atoms in total. The molecule has 0 bridgehead atoms. The van der Waals surface area contributed by atoms with Crippen molar-refractivity contribution in [3.8, 4) is 0 Å². The third-order valence-corrected chi connectivity index (χ3v) is 5.94. The molecule has 2 rings (SSSR count). The Morgan fingerprint density at radius 2 is 2.00 bits per heavy atom. The number of nitrogen functional groups attached to an aromatic ring is 1. The number of sulfone groups is 1. The molecule has 114 valence electrons. The van der Waals surface area contributed by atoms with Crippen LogP contribution in [0, 0.1) is 0 Å². The van der Waals surface area contributed by atoms with Gasteiger partial charge in [0.1, 0.15) is 5.69 Å². The second-order valence-corrected chi connectivity index (χ2v) is 7.98. The van der Waals surface area contributed by atoms with E-state index in [1.165, 1.54) is 0 Å². The van der Waals surface area contributed by atoms with Crippen LogP contribution in [0.3, 0.4) is 0 Å². The number of aromatic nitrogens is 2. The van der Waals surface area contributed by atoms with Crippen molar-refractivity contribution in [3.63, 3.8) is 0 Å². The molecule has 0 aliphatic carbocycles. The number of nitrogens with zero attached hydrogens (tertiary/aromatic N) is 2. The lowest BCUT2D eigenvalue weighted by atomic mass is 10.0. The number of nitrogens with two attached hydrogens (primary N) is 1. The second kappa shape index (κ2) is 4.95. The van der Waals surface area contributed by atoms with Crippen LogP contribution in [0.25, 0.3) is 0 Å². The lowest BCUT2D eigenvalue weighted by Crippen LogP contribution is -2.42. The van der Waals surface area contributed by atoms with Crippen LogP contribution in [0.15, 0.2) is 4.79 Å². The standard InChI is InChI=1S/C13H23N3O3S/c1-4-7-15-10(5-2)11(14)12(17)16(15)13(3)6-8-20(18,19)9-13/h4-9,14H2,1-3H3. The molecule has 0 aromatic carbocycles. The summed E-state index contributed by atoms with van der Waals surface area (Å²) in [5.41, 5.74) is 6.06. The molecule has 1 aliphatic rings. The van der Waals surface area contributed by atoms with Gasteiger partial charge in [0, 0.05) is 6.54 Å². The average molecular weight is 301 g/mol. The average Bonchev–Trinajstić information content (AvgIpc) is 2.76. The molecule has 20 heavy (non-hydrogen) atoms. The van der Waals surface area contributed by atoms with Gasteiger partial charge in [-0.2, -0.15) is 0 Å². The summed E-state index contributed by atoms with van der Waals surface area (Å²) in [6, 6.07) is 0. The molecule has 0 spiro atoms. The molecule has 1 aromatic heterocycles. The van der Waals surface area contributed by atoms with Crippen LogP contribution in [-0.4, -0.2) is 29.3 Å². The van der Waals surface area contributed by atoms with Gasteiger partial charge in [0.15, 0.2) is 9.84 Å². The maximum atomic E-state index is 12.5. The number of anilines is 1. The Morgan fingerprint density at radius 1 is 1.35 bits per heavy atom. The van der Waals surface area contributed by atoms with E-state index in [1.807, 2.05) is 25.5 Å². The van der Waals surface area contributed by atoms with Gasteiger partial charge < -0.3 is 5.73 Å². The Morgan fingerprint density at radius 3 is 2.45 bits per heavy atom. The van der Waals surface area contributed by atoms with Crippen molar-refractivity contribution < 1.29 is 8.42 Å². The van der Waals surface area contributed by atoms with Gasteiger partial charge >= 0.3 is 0 Å². The van der Waals surface area contributed by atoms with Crippen LogP contribution in [-0.2, 0) is 28.3 Å². The smallest absolute Gasteiger partial charge is 0.290 e. The molecule has 1 aromatic rings. The summed E-state index contributed by atoms with van der Waals surface area (Å²) in [7, 11) is -3.07. The molecular weight excluding hydrogens is 278 g/mol. The van der Waals surface area contributed by atoms with Crippen LogP contribution in [0.4, 0.5) is 5.69 Å². The quantitative estimate of drug-likeness (QED) is 0.888. The maximum Gasteiger partial charge on any atom is 0.290 e. The molecule has 0 amide bonds. The van der Waals surface area contributed by atoms with E-state index >= 15 is 0 Å².